The number of thiocarbonyl (C=S) groups is 1. The molecule has 2 aliphatic heterocycles. The highest BCUT2D eigenvalue weighted by atomic mass is 32.2. The summed E-state index contributed by atoms with van der Waals surface area (Å²) in [5.74, 6) is 1.78. The predicted molar refractivity (Wildman–Crippen MR) is 101 cm³/mol. The van der Waals surface area contributed by atoms with Crippen LogP contribution < -0.4 is 5.32 Å². The number of allylic oxidation sites excluding steroid dienone is 3. The van der Waals surface area contributed by atoms with Crippen LogP contribution in [0.25, 0.3) is 5.41 Å². The Balaban J connectivity index is 0.000000472. The molecule has 0 bridgehead atoms. The van der Waals surface area contributed by atoms with Crippen molar-refractivity contribution in [3.05, 3.63) is 20.9 Å². The highest BCUT2D eigenvalue weighted by molar-refractivity contribution is 8.09. The standard InChI is InChI=1S/C12H8N5OS2.C4H9NO/c13-5-9(17-1-3-18-4-2-17)11(7-15)20-12(8-16)10(19)6-14;1-3-6-4-2-5-1/h1-4H2;5H,1-4H2/q-1;/p+1/b11-9-;. The summed E-state index contributed by atoms with van der Waals surface area (Å²) in [6.07, 6.45) is 0. The van der Waals surface area contributed by atoms with Crippen molar-refractivity contribution in [2.75, 3.05) is 52.6 Å². The summed E-state index contributed by atoms with van der Waals surface area (Å²) in [5, 5.41) is 38.3. The van der Waals surface area contributed by atoms with Crippen LogP contribution in [0, 0.1) is 34.0 Å². The van der Waals surface area contributed by atoms with Gasteiger partial charge in [-0.05, 0) is 0 Å². The smallest absolute Gasteiger partial charge is 0.141 e. The molecule has 0 aromatic carbocycles. The maximum absolute atomic E-state index is 9.22. The van der Waals surface area contributed by atoms with E-state index in [0.29, 0.717) is 26.3 Å². The number of nitriles is 3. The van der Waals surface area contributed by atoms with Crippen molar-refractivity contribution in [2.45, 2.75) is 0 Å². The Morgan fingerprint density at radius 2 is 1.62 bits per heavy atom. The molecule has 2 rings (SSSR count). The van der Waals surface area contributed by atoms with Gasteiger partial charge in [0.25, 0.3) is 0 Å². The Kier molecular flexibility index (Phi) is 10.9. The summed E-state index contributed by atoms with van der Waals surface area (Å²) in [7, 11) is 0. The summed E-state index contributed by atoms with van der Waals surface area (Å²) in [4.78, 5) is 1.53. The average Bonchev–Trinajstić information content (AvgIpc) is 2.73. The van der Waals surface area contributed by atoms with Crippen molar-refractivity contribution < 1.29 is 14.8 Å². The molecule has 0 saturated carbocycles. The third-order valence-electron chi connectivity index (χ3n) is 3.30. The molecule has 8 nitrogen and oxygen atoms in total. The molecule has 2 fully saturated rings. The zero-order chi connectivity index (χ0) is 19.2. The zero-order valence-electron chi connectivity index (χ0n) is 14.1. The number of quaternary nitrogens is 1. The summed E-state index contributed by atoms with van der Waals surface area (Å²) in [6, 6.07) is 5.54. The first-order valence-electron chi connectivity index (χ1n) is 7.83. The summed E-state index contributed by atoms with van der Waals surface area (Å²) in [5.41, 5.74) is 0.175. The lowest BCUT2D eigenvalue weighted by Gasteiger charge is -2.28. The van der Waals surface area contributed by atoms with E-state index in [-0.39, 0.29) is 20.4 Å². The maximum Gasteiger partial charge on any atom is 0.141 e. The third kappa shape index (κ3) is 7.35. The molecule has 26 heavy (non-hydrogen) atoms. The van der Waals surface area contributed by atoms with Crippen LogP contribution in [-0.4, -0.2) is 68.2 Å². The Morgan fingerprint density at radius 3 is 2.00 bits per heavy atom. The third-order valence-corrected chi connectivity index (χ3v) is 4.71. The van der Waals surface area contributed by atoms with Crippen molar-refractivity contribution in [3.8, 4) is 18.2 Å². The first-order valence-corrected chi connectivity index (χ1v) is 9.06. The highest BCUT2D eigenvalue weighted by Gasteiger charge is 2.19. The van der Waals surface area contributed by atoms with E-state index in [1.165, 1.54) is 0 Å². The van der Waals surface area contributed by atoms with Crippen LogP contribution >= 0.6 is 24.0 Å². The SMILES string of the molecule is C1COCC[NH2+]1.N#CC(=S)C(=C=[N-])S/C(C#N)=C(/C#N)N1CCOCC1. The Hall–Kier alpha value is -2.22. The van der Waals surface area contributed by atoms with Gasteiger partial charge in [-0.25, -0.2) is 0 Å². The fourth-order valence-electron chi connectivity index (χ4n) is 2.03. The number of nitrogens with zero attached hydrogens (tertiary/aromatic N) is 5. The minimum atomic E-state index is -0.190. The van der Waals surface area contributed by atoms with Crippen LogP contribution in [0.2, 0.25) is 0 Å². The number of rotatable bonds is 4. The number of hydrogen-bond acceptors (Lipinski definition) is 8. The number of morpholine rings is 2. The van der Waals surface area contributed by atoms with Gasteiger partial charge in [-0.1, -0.05) is 24.0 Å². The molecular formula is C16H18N6O2S2. The van der Waals surface area contributed by atoms with Crippen LogP contribution in [0.3, 0.4) is 0 Å². The average molecular weight is 390 g/mol. The van der Waals surface area contributed by atoms with Crippen LogP contribution in [0.1, 0.15) is 0 Å². The molecule has 2 N–H and O–H groups in total. The number of nitrogens with two attached hydrogens (primary N) is 1. The first kappa shape index (κ1) is 21.8. The minimum Gasteiger partial charge on any atom is -0.762 e. The summed E-state index contributed by atoms with van der Waals surface area (Å²) < 4.78 is 10.2. The molecule has 2 heterocycles. The van der Waals surface area contributed by atoms with Crippen molar-refractivity contribution in [3.63, 3.8) is 0 Å². The molecule has 2 aliphatic rings. The molecule has 0 aromatic rings. The van der Waals surface area contributed by atoms with Gasteiger partial charge in [-0.3, -0.25) is 5.87 Å². The second kappa shape index (κ2) is 13.0. The van der Waals surface area contributed by atoms with Gasteiger partial charge in [0.1, 0.15) is 33.7 Å². The summed E-state index contributed by atoms with van der Waals surface area (Å²) >= 11 is 5.49. The van der Waals surface area contributed by atoms with E-state index in [1.807, 2.05) is 12.1 Å². The van der Waals surface area contributed by atoms with Crippen molar-refractivity contribution >= 4 is 34.7 Å². The van der Waals surface area contributed by atoms with Gasteiger partial charge in [0.05, 0.1) is 44.4 Å². The van der Waals surface area contributed by atoms with Crippen LogP contribution in [0.15, 0.2) is 15.5 Å². The van der Waals surface area contributed by atoms with E-state index in [0.717, 1.165) is 38.1 Å². The largest absolute Gasteiger partial charge is 0.762 e. The zero-order valence-corrected chi connectivity index (χ0v) is 15.7. The molecule has 0 radical (unpaired) electrons. The topological polar surface area (TPSA) is 132 Å². The molecule has 0 amide bonds. The van der Waals surface area contributed by atoms with Crippen molar-refractivity contribution in [1.82, 2.24) is 4.90 Å². The van der Waals surface area contributed by atoms with Gasteiger partial charge in [-0.15, -0.1) is 0 Å². The molecule has 0 spiro atoms. The van der Waals surface area contributed by atoms with E-state index < -0.39 is 0 Å². The van der Waals surface area contributed by atoms with E-state index in [1.54, 1.807) is 16.8 Å². The van der Waals surface area contributed by atoms with Crippen LogP contribution in [0.4, 0.5) is 0 Å². The van der Waals surface area contributed by atoms with Gasteiger partial charge in [-0.2, -0.15) is 15.8 Å². The lowest BCUT2D eigenvalue weighted by Crippen LogP contribution is -2.87. The number of ether oxygens (including phenoxy) is 2. The normalized spacial score (nSPS) is 17.0. The monoisotopic (exact) mass is 390 g/mol. The van der Waals surface area contributed by atoms with Gasteiger partial charge >= 0.3 is 0 Å². The molecular weight excluding hydrogens is 372 g/mol. The Labute approximate surface area is 162 Å². The molecule has 0 aliphatic carbocycles. The van der Waals surface area contributed by atoms with Crippen molar-refractivity contribution in [2.24, 2.45) is 0 Å². The van der Waals surface area contributed by atoms with E-state index in [4.69, 9.17) is 32.4 Å². The quantitative estimate of drug-likeness (QED) is 0.305. The molecule has 10 heteroatoms. The fourth-order valence-corrected chi connectivity index (χ4v) is 2.90. The molecule has 0 aromatic heterocycles. The van der Waals surface area contributed by atoms with Crippen LogP contribution in [0.5, 0.6) is 0 Å². The Morgan fingerprint density at radius 1 is 1.00 bits per heavy atom. The van der Waals surface area contributed by atoms with Gasteiger partial charge in [0.2, 0.25) is 0 Å². The molecule has 0 unspecified atom stereocenters. The summed E-state index contributed by atoms with van der Waals surface area (Å²) in [6.45, 7) is 6.14. The second-order valence-electron chi connectivity index (χ2n) is 4.96. The van der Waals surface area contributed by atoms with Crippen molar-refractivity contribution in [1.29, 1.82) is 15.8 Å². The lowest BCUT2D eigenvalue weighted by molar-refractivity contribution is -0.670. The molecule has 136 valence electrons. The fraction of sp³-hybridized carbons (Fsp3) is 0.500. The maximum atomic E-state index is 9.22. The predicted octanol–water partition coefficient (Wildman–Crippen LogP) is -0.0930. The molecule has 0 atom stereocenters. The van der Waals surface area contributed by atoms with E-state index in [2.05, 4.69) is 5.32 Å². The first-order chi connectivity index (χ1) is 12.7. The van der Waals surface area contributed by atoms with E-state index >= 15 is 0 Å². The second-order valence-corrected chi connectivity index (χ2v) is 6.39. The van der Waals surface area contributed by atoms with E-state index in [9.17, 15) is 10.5 Å². The van der Waals surface area contributed by atoms with Gasteiger partial charge in [0, 0.05) is 13.1 Å². The van der Waals surface area contributed by atoms with Crippen LogP contribution in [-0.2, 0) is 9.47 Å². The lowest BCUT2D eigenvalue weighted by atomic mass is 10.3. The minimum absolute atomic E-state index is 0.0555. The molecule has 2 saturated heterocycles. The highest BCUT2D eigenvalue weighted by Crippen LogP contribution is 2.28. The van der Waals surface area contributed by atoms with Gasteiger partial charge in [0.15, 0.2) is 0 Å². The van der Waals surface area contributed by atoms with Gasteiger partial charge < -0.3 is 25.1 Å². The number of hydrogen-bond donors (Lipinski definition) is 1. The number of thioether (sulfide) groups is 1. The Bertz CT molecular complexity index is 688.